The Morgan fingerprint density at radius 2 is 1.56 bits per heavy atom. The molecule has 1 aliphatic rings. The van der Waals surface area contributed by atoms with Gasteiger partial charge in [-0.2, -0.15) is 0 Å². The maximum atomic E-state index is 12.6. The molecule has 0 aliphatic carbocycles. The van der Waals surface area contributed by atoms with E-state index in [-0.39, 0.29) is 12.3 Å². The molecule has 0 unspecified atom stereocenters. The van der Waals surface area contributed by atoms with Gasteiger partial charge in [0.25, 0.3) is 0 Å². The highest BCUT2D eigenvalue weighted by Crippen LogP contribution is 2.26. The lowest BCUT2D eigenvalue weighted by Crippen LogP contribution is -2.15. The van der Waals surface area contributed by atoms with Crippen LogP contribution >= 0.6 is 23.4 Å². The number of amides is 1. The molecule has 0 saturated carbocycles. The second kappa shape index (κ2) is 18.3. The average molecular weight is 571 g/mol. The monoisotopic (exact) mass is 570 g/mol. The number of carbonyl (C=O) groups is 1. The van der Waals surface area contributed by atoms with Crippen LogP contribution in [0.2, 0.25) is 5.02 Å². The van der Waals surface area contributed by atoms with E-state index in [1.54, 1.807) is 0 Å². The summed E-state index contributed by atoms with van der Waals surface area (Å²) < 4.78 is 5.91. The van der Waals surface area contributed by atoms with Gasteiger partial charge in [-0.3, -0.25) is 4.79 Å². The van der Waals surface area contributed by atoms with Crippen molar-refractivity contribution in [3.8, 4) is 5.75 Å². The quantitative estimate of drug-likeness (QED) is 0.171. The van der Waals surface area contributed by atoms with Crippen molar-refractivity contribution in [3.63, 3.8) is 0 Å². The van der Waals surface area contributed by atoms with Crippen molar-refractivity contribution in [2.45, 2.75) is 104 Å². The Hall–Kier alpha value is -2.11. The summed E-state index contributed by atoms with van der Waals surface area (Å²) in [6, 6.07) is 13.7. The number of nitrogens with one attached hydrogen (secondary N) is 1. The smallest absolute Gasteiger partial charge is 0.228 e. The van der Waals surface area contributed by atoms with E-state index < -0.39 is 0 Å². The maximum Gasteiger partial charge on any atom is 0.228 e. The fourth-order valence-electron chi connectivity index (χ4n) is 4.81. The van der Waals surface area contributed by atoms with Crippen LogP contribution in [0.4, 0.5) is 5.69 Å². The number of nitrogens with zero attached hydrogens (tertiary/aromatic N) is 1. The van der Waals surface area contributed by atoms with Crippen molar-refractivity contribution in [1.29, 1.82) is 0 Å². The fraction of sp³-hybridized carbons (Fsp3) is 0.545. The normalized spacial score (nSPS) is 13.0. The van der Waals surface area contributed by atoms with Crippen molar-refractivity contribution in [1.82, 2.24) is 4.90 Å². The molecule has 1 N–H and O–H groups in total. The van der Waals surface area contributed by atoms with Gasteiger partial charge in [-0.15, -0.1) is 11.8 Å². The first-order valence-corrected chi connectivity index (χ1v) is 16.2. The number of unbranched alkanes of at least 4 members (excludes halogenated alkanes) is 11. The molecule has 1 heterocycles. The third-order valence-electron chi connectivity index (χ3n) is 7.09. The molecule has 0 fully saturated rings. The summed E-state index contributed by atoms with van der Waals surface area (Å²) >= 11 is 8.34. The minimum atomic E-state index is -0.0793. The number of thioether (sulfide) groups is 1. The Morgan fingerprint density at radius 3 is 2.15 bits per heavy atom. The zero-order valence-corrected chi connectivity index (χ0v) is 25.6. The molecule has 39 heavy (non-hydrogen) atoms. The van der Waals surface area contributed by atoms with Crippen LogP contribution in [0.3, 0.4) is 0 Å². The number of carbonyl (C=O) groups excluding carboxylic acids is 1. The highest BCUT2D eigenvalue weighted by molar-refractivity contribution is 8.03. The fourth-order valence-corrected chi connectivity index (χ4v) is 5.80. The molecule has 2 aromatic carbocycles. The first kappa shape index (κ1) is 31.4. The molecule has 0 saturated heterocycles. The lowest BCUT2D eigenvalue weighted by molar-refractivity contribution is -0.115. The van der Waals surface area contributed by atoms with E-state index in [2.05, 4.69) is 42.4 Å². The van der Waals surface area contributed by atoms with Crippen LogP contribution in [-0.2, 0) is 17.8 Å². The van der Waals surface area contributed by atoms with E-state index >= 15 is 0 Å². The van der Waals surface area contributed by atoms with Gasteiger partial charge in [-0.1, -0.05) is 107 Å². The van der Waals surface area contributed by atoms with Gasteiger partial charge < -0.3 is 15.0 Å². The zero-order chi connectivity index (χ0) is 27.7. The number of allylic oxidation sites excluding steroid dienone is 1. The Labute approximate surface area is 245 Å². The second-order valence-corrected chi connectivity index (χ2v) is 12.3. The first-order chi connectivity index (χ1) is 19.0. The number of halogens is 1. The molecule has 214 valence electrons. The molecule has 2 aromatic rings. The summed E-state index contributed by atoms with van der Waals surface area (Å²) in [5, 5.41) is 3.55. The van der Waals surface area contributed by atoms with Gasteiger partial charge in [0.15, 0.2) is 0 Å². The van der Waals surface area contributed by atoms with Gasteiger partial charge in [-0.25, -0.2) is 0 Å². The first-order valence-electron chi connectivity index (χ1n) is 14.9. The largest absolute Gasteiger partial charge is 0.494 e. The highest BCUT2D eigenvalue weighted by Gasteiger charge is 2.11. The number of hydrogen-bond acceptors (Lipinski definition) is 4. The third kappa shape index (κ3) is 12.7. The lowest BCUT2D eigenvalue weighted by Gasteiger charge is -2.15. The summed E-state index contributed by atoms with van der Waals surface area (Å²) in [5.74, 6) is 1.68. The van der Waals surface area contributed by atoms with Crippen molar-refractivity contribution < 1.29 is 9.53 Å². The summed E-state index contributed by atoms with van der Waals surface area (Å²) in [4.78, 5) is 16.2. The molecule has 1 aliphatic heterocycles. The van der Waals surface area contributed by atoms with Crippen LogP contribution in [0.25, 0.3) is 0 Å². The van der Waals surface area contributed by atoms with Gasteiger partial charge in [0.05, 0.1) is 18.9 Å². The minimum Gasteiger partial charge on any atom is -0.494 e. The Morgan fingerprint density at radius 1 is 0.923 bits per heavy atom. The van der Waals surface area contributed by atoms with Crippen LogP contribution in [0.5, 0.6) is 5.75 Å². The summed E-state index contributed by atoms with van der Waals surface area (Å²) in [6.45, 7) is 5.99. The van der Waals surface area contributed by atoms with Crippen LogP contribution in [-0.4, -0.2) is 23.3 Å². The molecule has 0 bridgehead atoms. The van der Waals surface area contributed by atoms with E-state index in [0.717, 1.165) is 35.8 Å². The molecule has 3 rings (SSSR count). The van der Waals surface area contributed by atoms with Crippen LogP contribution in [0.15, 0.2) is 53.6 Å². The molecule has 0 radical (unpaired) electrons. The van der Waals surface area contributed by atoms with Gasteiger partial charge in [-0.05, 0) is 53.6 Å². The van der Waals surface area contributed by atoms with E-state index in [1.807, 2.05) is 42.1 Å². The predicted molar refractivity (Wildman–Crippen MR) is 169 cm³/mol. The van der Waals surface area contributed by atoms with Gasteiger partial charge in [0.2, 0.25) is 5.91 Å². The molecule has 0 spiro atoms. The zero-order valence-electron chi connectivity index (χ0n) is 24.0. The predicted octanol–water partition coefficient (Wildman–Crippen LogP) is 9.97. The van der Waals surface area contributed by atoms with Gasteiger partial charge in [0.1, 0.15) is 5.75 Å². The van der Waals surface area contributed by atoms with Crippen molar-refractivity contribution in [3.05, 3.63) is 69.7 Å². The van der Waals surface area contributed by atoms with Crippen LogP contribution in [0, 0.1) is 0 Å². The van der Waals surface area contributed by atoms with E-state index in [4.69, 9.17) is 16.3 Å². The third-order valence-corrected chi connectivity index (χ3v) is 8.46. The molecule has 6 heteroatoms. The molecule has 0 atom stereocenters. The topological polar surface area (TPSA) is 41.6 Å². The average Bonchev–Trinajstić information content (AvgIpc) is 3.33. The maximum absolute atomic E-state index is 12.6. The van der Waals surface area contributed by atoms with Crippen molar-refractivity contribution >= 4 is 35.0 Å². The Kier molecular flexibility index (Phi) is 14.7. The number of benzene rings is 2. The standard InChI is InChI=1S/C33H47ClN2O2S/c1-3-4-5-6-7-8-9-10-11-12-13-14-21-38-31-20-17-29(32(34)23-31)22-33(37)35-30-18-15-28(16-19-30)25-36-24-27(2)39-26-36/h15-20,23-24H,3-14,21-22,25-26H2,1-2H3,(H,35,37). The number of anilines is 1. The molecule has 0 aromatic heterocycles. The van der Waals surface area contributed by atoms with Crippen LogP contribution in [0.1, 0.15) is 102 Å². The van der Waals surface area contributed by atoms with E-state index in [0.29, 0.717) is 11.6 Å². The lowest BCUT2D eigenvalue weighted by atomic mass is 10.1. The Bertz CT molecular complexity index is 1020. The Balaban J connectivity index is 1.27. The van der Waals surface area contributed by atoms with E-state index in [1.165, 1.54) is 81.1 Å². The number of hydrogen-bond donors (Lipinski definition) is 1. The SMILES string of the molecule is CCCCCCCCCCCCCCOc1ccc(CC(=O)Nc2ccc(CN3C=C(C)SC3)cc2)c(Cl)c1. The van der Waals surface area contributed by atoms with Crippen LogP contribution < -0.4 is 10.1 Å². The molecular weight excluding hydrogens is 524 g/mol. The van der Waals surface area contributed by atoms with E-state index in [9.17, 15) is 4.79 Å². The van der Waals surface area contributed by atoms with Crippen molar-refractivity contribution in [2.24, 2.45) is 0 Å². The summed E-state index contributed by atoms with van der Waals surface area (Å²) in [5.41, 5.74) is 2.82. The molecule has 1 amide bonds. The minimum absolute atomic E-state index is 0.0793. The summed E-state index contributed by atoms with van der Waals surface area (Å²) in [7, 11) is 0. The summed E-state index contributed by atoms with van der Waals surface area (Å²) in [6.07, 6.45) is 18.4. The van der Waals surface area contributed by atoms with Gasteiger partial charge in [0, 0.05) is 23.5 Å². The van der Waals surface area contributed by atoms with Crippen molar-refractivity contribution in [2.75, 3.05) is 17.8 Å². The molecule has 4 nitrogen and oxygen atoms in total. The molecular formula is C33H47ClN2O2S. The number of rotatable bonds is 19. The highest BCUT2D eigenvalue weighted by atomic mass is 35.5. The second-order valence-electron chi connectivity index (χ2n) is 10.7. The van der Waals surface area contributed by atoms with Gasteiger partial charge >= 0.3 is 0 Å². The number of ether oxygens (including phenoxy) is 1.